The average Bonchev–Trinajstić information content (AvgIpc) is 2.20. The Hall–Kier alpha value is -0.536. The van der Waals surface area contributed by atoms with Crippen LogP contribution < -0.4 is 10.5 Å². The van der Waals surface area contributed by atoms with Gasteiger partial charge in [0.05, 0.1) is 0 Å². The number of hydrogen-bond acceptors (Lipinski definition) is 2. The summed E-state index contributed by atoms with van der Waals surface area (Å²) in [6, 6.07) is 7.21. The summed E-state index contributed by atoms with van der Waals surface area (Å²) in [5, 5.41) is 0.586. The number of benzene rings is 1. The molecule has 1 aromatic carbocycles. The molecule has 0 bridgehead atoms. The van der Waals surface area contributed by atoms with Gasteiger partial charge in [0.25, 0.3) is 0 Å². The largest absolute Gasteiger partial charge is 0.439 e. The molecule has 0 aliphatic heterocycles. The molecule has 0 aliphatic rings. The molecule has 15 heavy (non-hydrogen) atoms. The Kier molecular flexibility index (Phi) is 6.61. The molecule has 0 saturated carbocycles. The second kappa shape index (κ2) is 6.86. The van der Waals surface area contributed by atoms with Gasteiger partial charge in [0.2, 0.25) is 0 Å². The summed E-state index contributed by atoms with van der Waals surface area (Å²) in [7, 11) is 0. The van der Waals surface area contributed by atoms with Crippen LogP contribution in [-0.2, 0) is 32.7 Å². The molecule has 2 aromatic rings. The molecule has 4 heteroatoms. The number of rotatable bonds is 0. The Labute approximate surface area is 114 Å². The van der Waals surface area contributed by atoms with E-state index < -0.39 is 0 Å². The third-order valence-electron chi connectivity index (χ3n) is 1.68. The summed E-state index contributed by atoms with van der Waals surface area (Å²) in [6.07, 6.45) is 0. The first kappa shape index (κ1) is 14.5. The van der Waals surface area contributed by atoms with Gasteiger partial charge in [-0.3, -0.25) is 4.79 Å². The predicted octanol–water partition coefficient (Wildman–Crippen LogP) is 1.88. The SMILES string of the molecule is CC.Cc1nc2ccccc2c(=O)[n-]1.[Y]. The van der Waals surface area contributed by atoms with Gasteiger partial charge in [-0.25, -0.2) is 0 Å². The van der Waals surface area contributed by atoms with Crippen molar-refractivity contribution in [1.29, 1.82) is 0 Å². The molecular formula is C11H13N2OY-. The van der Waals surface area contributed by atoms with Crippen molar-refractivity contribution in [1.82, 2.24) is 9.97 Å². The zero-order chi connectivity index (χ0) is 10.6. The van der Waals surface area contributed by atoms with Crippen molar-refractivity contribution in [3.8, 4) is 0 Å². The minimum absolute atomic E-state index is 0. The zero-order valence-electron chi connectivity index (χ0n) is 9.19. The van der Waals surface area contributed by atoms with E-state index in [1.807, 2.05) is 32.0 Å². The van der Waals surface area contributed by atoms with Crippen LogP contribution >= 0.6 is 0 Å². The third-order valence-corrected chi connectivity index (χ3v) is 1.68. The van der Waals surface area contributed by atoms with Crippen molar-refractivity contribution in [2.24, 2.45) is 0 Å². The van der Waals surface area contributed by atoms with Gasteiger partial charge < -0.3 is 9.97 Å². The average molecular weight is 278 g/mol. The molecule has 2 rings (SSSR count). The van der Waals surface area contributed by atoms with E-state index in [2.05, 4.69) is 9.97 Å². The van der Waals surface area contributed by atoms with E-state index in [1.165, 1.54) is 0 Å². The van der Waals surface area contributed by atoms with Gasteiger partial charge in [0.15, 0.2) is 5.56 Å². The van der Waals surface area contributed by atoms with Gasteiger partial charge in [0.1, 0.15) is 0 Å². The van der Waals surface area contributed by atoms with Crippen LogP contribution in [-0.4, -0.2) is 4.98 Å². The molecule has 1 radical (unpaired) electrons. The molecule has 0 fully saturated rings. The Morgan fingerprint density at radius 3 is 2.47 bits per heavy atom. The first-order valence-electron chi connectivity index (χ1n) is 4.68. The summed E-state index contributed by atoms with van der Waals surface area (Å²) in [6.45, 7) is 5.72. The monoisotopic (exact) mass is 278 g/mol. The standard InChI is InChI=1S/C9H8N2O.C2H6.Y/c1-6-10-8-5-3-2-4-7(8)9(12)11-6;1-2;/h2-5H,1H3,(H,10,11,12);1-2H3;/p-1. The van der Waals surface area contributed by atoms with E-state index in [1.54, 1.807) is 13.0 Å². The second-order valence-electron chi connectivity index (χ2n) is 2.59. The number of fused-ring (bicyclic) bond motifs is 1. The van der Waals surface area contributed by atoms with Crippen LogP contribution in [0.25, 0.3) is 10.9 Å². The summed E-state index contributed by atoms with van der Waals surface area (Å²) in [5.41, 5.74) is 0.521. The normalized spacial score (nSPS) is 8.73. The summed E-state index contributed by atoms with van der Waals surface area (Å²) >= 11 is 0. The van der Waals surface area contributed by atoms with Crippen LogP contribution in [0.3, 0.4) is 0 Å². The predicted molar refractivity (Wildman–Crippen MR) is 57.4 cm³/mol. The van der Waals surface area contributed by atoms with E-state index in [9.17, 15) is 4.79 Å². The molecule has 1 aromatic heterocycles. The van der Waals surface area contributed by atoms with Crippen molar-refractivity contribution < 1.29 is 32.7 Å². The fourth-order valence-corrected chi connectivity index (χ4v) is 1.16. The quantitative estimate of drug-likeness (QED) is 0.739. The molecular weight excluding hydrogens is 265 g/mol. The van der Waals surface area contributed by atoms with Crippen LogP contribution in [0.1, 0.15) is 19.7 Å². The Bertz CT molecular complexity index is 479. The number of para-hydroxylation sites is 1. The van der Waals surface area contributed by atoms with Crippen LogP contribution in [0, 0.1) is 6.92 Å². The van der Waals surface area contributed by atoms with E-state index in [4.69, 9.17) is 0 Å². The van der Waals surface area contributed by atoms with Gasteiger partial charge in [-0.05, 0) is 12.4 Å². The summed E-state index contributed by atoms with van der Waals surface area (Å²) in [4.78, 5) is 19.1. The number of nitrogens with zero attached hydrogens (tertiary/aromatic N) is 2. The van der Waals surface area contributed by atoms with E-state index >= 15 is 0 Å². The van der Waals surface area contributed by atoms with Crippen LogP contribution in [0.15, 0.2) is 29.1 Å². The number of aromatic nitrogens is 2. The first-order valence-corrected chi connectivity index (χ1v) is 4.68. The fourth-order valence-electron chi connectivity index (χ4n) is 1.16. The number of aryl methyl sites for hydroxylation is 1. The molecule has 0 unspecified atom stereocenters. The van der Waals surface area contributed by atoms with Crippen molar-refractivity contribution in [3.63, 3.8) is 0 Å². The van der Waals surface area contributed by atoms with E-state index in [0.29, 0.717) is 11.2 Å². The molecule has 77 valence electrons. The molecule has 0 aliphatic carbocycles. The van der Waals surface area contributed by atoms with Gasteiger partial charge in [-0.2, -0.15) is 0 Å². The minimum Gasteiger partial charge on any atom is -0.439 e. The van der Waals surface area contributed by atoms with Crippen LogP contribution in [0.4, 0.5) is 0 Å². The maximum absolute atomic E-state index is 11.2. The molecule has 1 heterocycles. The molecule has 0 amide bonds. The van der Waals surface area contributed by atoms with E-state index in [-0.39, 0.29) is 38.3 Å². The smallest absolute Gasteiger partial charge is 0.178 e. The van der Waals surface area contributed by atoms with Crippen LogP contribution in [0.5, 0.6) is 0 Å². The molecule has 0 saturated heterocycles. The van der Waals surface area contributed by atoms with Crippen molar-refractivity contribution in [2.75, 3.05) is 0 Å². The molecule has 0 spiro atoms. The maximum Gasteiger partial charge on any atom is 0.178 e. The Balaban J connectivity index is 0.000000617. The van der Waals surface area contributed by atoms with Gasteiger partial charge in [-0.15, -0.1) is 0 Å². The maximum atomic E-state index is 11.2. The van der Waals surface area contributed by atoms with Gasteiger partial charge in [0, 0.05) is 38.1 Å². The van der Waals surface area contributed by atoms with Gasteiger partial charge in [-0.1, -0.05) is 43.9 Å². The van der Waals surface area contributed by atoms with E-state index in [0.717, 1.165) is 5.52 Å². The van der Waals surface area contributed by atoms with Crippen molar-refractivity contribution in [2.45, 2.75) is 20.8 Å². The molecule has 3 nitrogen and oxygen atoms in total. The van der Waals surface area contributed by atoms with Crippen molar-refractivity contribution in [3.05, 3.63) is 40.4 Å². The fraction of sp³-hybridized carbons (Fsp3) is 0.273. The summed E-state index contributed by atoms with van der Waals surface area (Å²) < 4.78 is 0. The second-order valence-corrected chi connectivity index (χ2v) is 2.59. The Morgan fingerprint density at radius 1 is 1.20 bits per heavy atom. The van der Waals surface area contributed by atoms with Crippen LogP contribution in [0.2, 0.25) is 0 Å². The molecule has 0 atom stereocenters. The van der Waals surface area contributed by atoms with Crippen molar-refractivity contribution >= 4 is 10.9 Å². The minimum atomic E-state index is -0.196. The summed E-state index contributed by atoms with van der Waals surface area (Å²) in [5.74, 6) is 0.527. The number of hydrogen-bond donors (Lipinski definition) is 0. The van der Waals surface area contributed by atoms with Gasteiger partial charge >= 0.3 is 0 Å². The topological polar surface area (TPSA) is 44.1 Å². The molecule has 0 N–H and O–H groups in total. The first-order chi connectivity index (χ1) is 6.77. The Morgan fingerprint density at radius 2 is 1.80 bits per heavy atom. The zero-order valence-corrected chi connectivity index (χ0v) is 12.0. The third kappa shape index (κ3) is 3.51.